The molecule has 2 amide bonds. The Balaban J connectivity index is 1.86. The Bertz CT molecular complexity index is 543. The number of halogens is 1. The van der Waals surface area contributed by atoms with Crippen LogP contribution in [0.5, 0.6) is 0 Å². The van der Waals surface area contributed by atoms with Crippen LogP contribution in [0.15, 0.2) is 24.3 Å². The summed E-state index contributed by atoms with van der Waals surface area (Å²) in [5.74, 6) is -1.59. The number of carboxylic acid groups (broad SMARTS) is 1. The summed E-state index contributed by atoms with van der Waals surface area (Å²) in [6, 6.07) is 5.97. The molecule has 0 aliphatic carbocycles. The van der Waals surface area contributed by atoms with Crippen LogP contribution in [-0.4, -0.2) is 47.0 Å². The maximum Gasteiger partial charge on any atom is 0.320 e. The number of nitrogens with zero attached hydrogens (tertiary/aromatic N) is 2. The number of carbonyl (C=O) groups is 2. The third kappa shape index (κ3) is 3.51. The molecule has 0 aromatic heterocycles. The Hall–Kier alpha value is -2.11. The molecule has 1 aromatic rings. The van der Waals surface area contributed by atoms with Crippen LogP contribution < -0.4 is 0 Å². The molecule has 1 atom stereocenters. The summed E-state index contributed by atoms with van der Waals surface area (Å²) in [5, 5.41) is 8.92. The summed E-state index contributed by atoms with van der Waals surface area (Å²) < 4.78 is 13.1. The third-order valence-corrected chi connectivity index (χ3v) is 3.91. The van der Waals surface area contributed by atoms with Crippen LogP contribution in [0.4, 0.5) is 9.18 Å². The molecule has 0 spiro atoms. The second kappa shape index (κ2) is 6.11. The van der Waals surface area contributed by atoms with Crippen molar-refractivity contribution in [3.63, 3.8) is 0 Å². The second-order valence-electron chi connectivity index (χ2n) is 5.56. The van der Waals surface area contributed by atoms with Gasteiger partial charge < -0.3 is 14.9 Å². The maximum absolute atomic E-state index is 13.1. The van der Waals surface area contributed by atoms with Crippen LogP contribution in [0.25, 0.3) is 0 Å². The largest absolute Gasteiger partial charge is 0.481 e. The van der Waals surface area contributed by atoms with Crippen molar-refractivity contribution in [2.45, 2.75) is 13.5 Å². The minimum atomic E-state index is -0.833. The third-order valence-electron chi connectivity index (χ3n) is 3.91. The molecule has 5 nitrogen and oxygen atoms in total. The number of amides is 2. The highest BCUT2D eigenvalue weighted by Crippen LogP contribution is 2.25. The quantitative estimate of drug-likeness (QED) is 0.924. The van der Waals surface area contributed by atoms with Crippen molar-refractivity contribution in [1.29, 1.82) is 0 Å². The smallest absolute Gasteiger partial charge is 0.320 e. The van der Waals surface area contributed by atoms with Crippen molar-refractivity contribution in [3.05, 3.63) is 35.6 Å². The number of rotatable bonds is 4. The van der Waals surface area contributed by atoms with E-state index in [9.17, 15) is 14.0 Å². The molecule has 6 heteroatoms. The van der Waals surface area contributed by atoms with Gasteiger partial charge in [-0.2, -0.15) is 0 Å². The van der Waals surface area contributed by atoms with E-state index in [1.165, 1.54) is 17.0 Å². The molecule has 1 N–H and O–H groups in total. The van der Waals surface area contributed by atoms with Crippen LogP contribution in [0.2, 0.25) is 0 Å². The van der Waals surface area contributed by atoms with E-state index in [4.69, 9.17) is 5.11 Å². The first kappa shape index (κ1) is 15.3. The highest BCUT2D eigenvalue weighted by atomic mass is 19.1. The number of carbonyl (C=O) groups excluding carboxylic acids is 1. The lowest BCUT2D eigenvalue weighted by atomic mass is 9.87. The number of carboxylic acids is 1. The second-order valence-corrected chi connectivity index (χ2v) is 5.56. The van der Waals surface area contributed by atoms with E-state index in [0.717, 1.165) is 5.56 Å². The van der Waals surface area contributed by atoms with Gasteiger partial charge in [0.1, 0.15) is 5.82 Å². The van der Waals surface area contributed by atoms with Gasteiger partial charge in [0.25, 0.3) is 0 Å². The lowest BCUT2D eigenvalue weighted by molar-refractivity contribution is -0.144. The van der Waals surface area contributed by atoms with Crippen molar-refractivity contribution in [1.82, 2.24) is 9.80 Å². The first-order valence-electron chi connectivity index (χ1n) is 6.85. The van der Waals surface area contributed by atoms with Crippen molar-refractivity contribution < 1.29 is 19.1 Å². The molecule has 21 heavy (non-hydrogen) atoms. The Morgan fingerprint density at radius 3 is 2.71 bits per heavy atom. The van der Waals surface area contributed by atoms with Gasteiger partial charge in [-0.25, -0.2) is 9.18 Å². The Morgan fingerprint density at radius 1 is 1.48 bits per heavy atom. The summed E-state index contributed by atoms with van der Waals surface area (Å²) in [5.41, 5.74) is 0.724. The minimum Gasteiger partial charge on any atom is -0.481 e. The van der Waals surface area contributed by atoms with Gasteiger partial charge >= 0.3 is 12.0 Å². The number of urea groups is 1. The van der Waals surface area contributed by atoms with Crippen molar-refractivity contribution in [2.24, 2.45) is 11.8 Å². The van der Waals surface area contributed by atoms with Gasteiger partial charge in [-0.15, -0.1) is 0 Å². The fourth-order valence-corrected chi connectivity index (χ4v) is 2.40. The van der Waals surface area contributed by atoms with E-state index in [0.29, 0.717) is 19.6 Å². The SMILES string of the molecule is CC(C(=O)O)C1CN(C(=O)N(C)Cc2cccc(F)c2)C1. The fourth-order valence-electron chi connectivity index (χ4n) is 2.40. The molecule has 0 bridgehead atoms. The molecule has 1 aromatic carbocycles. The molecule has 114 valence electrons. The first-order chi connectivity index (χ1) is 9.88. The van der Waals surface area contributed by atoms with Crippen molar-refractivity contribution in [3.8, 4) is 0 Å². The fraction of sp³-hybridized carbons (Fsp3) is 0.467. The Kier molecular flexibility index (Phi) is 4.45. The number of benzene rings is 1. The van der Waals surface area contributed by atoms with Gasteiger partial charge in [-0.3, -0.25) is 4.79 Å². The molecule has 0 radical (unpaired) electrons. The zero-order valence-corrected chi connectivity index (χ0v) is 12.1. The molecule has 1 saturated heterocycles. The summed E-state index contributed by atoms with van der Waals surface area (Å²) in [7, 11) is 1.65. The first-order valence-corrected chi connectivity index (χ1v) is 6.85. The van der Waals surface area contributed by atoms with E-state index in [-0.39, 0.29) is 17.8 Å². The van der Waals surface area contributed by atoms with E-state index < -0.39 is 11.9 Å². The number of likely N-dealkylation sites (tertiary alicyclic amines) is 1. The minimum absolute atomic E-state index is 0.00835. The summed E-state index contributed by atoms with van der Waals surface area (Å²) in [6.07, 6.45) is 0. The molecule has 0 saturated carbocycles. The topological polar surface area (TPSA) is 60.9 Å². The van der Waals surface area contributed by atoms with Crippen LogP contribution in [0.3, 0.4) is 0 Å². The highest BCUT2D eigenvalue weighted by molar-refractivity contribution is 5.76. The molecule has 1 aliphatic heterocycles. The predicted octanol–water partition coefficient (Wildman–Crippen LogP) is 2.03. The van der Waals surface area contributed by atoms with Crippen molar-refractivity contribution >= 4 is 12.0 Å². The molecular weight excluding hydrogens is 275 g/mol. The predicted molar refractivity (Wildman–Crippen MR) is 75.1 cm³/mol. The van der Waals surface area contributed by atoms with Gasteiger partial charge in [-0.1, -0.05) is 19.1 Å². The molecule has 1 aliphatic rings. The number of hydrogen-bond donors (Lipinski definition) is 1. The molecule has 1 fully saturated rings. The highest BCUT2D eigenvalue weighted by Gasteiger charge is 2.38. The molecule has 1 unspecified atom stereocenters. The standard InChI is InChI=1S/C15H19FN2O3/c1-10(14(19)20)12-8-18(9-12)15(21)17(2)7-11-4-3-5-13(16)6-11/h3-6,10,12H,7-9H2,1-2H3,(H,19,20). The van der Waals surface area contributed by atoms with Crippen LogP contribution in [-0.2, 0) is 11.3 Å². The van der Waals surface area contributed by atoms with Crippen LogP contribution >= 0.6 is 0 Å². The Morgan fingerprint density at radius 2 is 2.14 bits per heavy atom. The van der Waals surface area contributed by atoms with Gasteiger partial charge in [-0.05, 0) is 17.7 Å². The lowest BCUT2D eigenvalue weighted by Gasteiger charge is -2.42. The Labute approximate surface area is 123 Å². The van der Waals surface area contributed by atoms with Gasteiger partial charge in [0, 0.05) is 32.6 Å². The number of hydrogen-bond acceptors (Lipinski definition) is 2. The molecule has 2 rings (SSSR count). The van der Waals surface area contributed by atoms with Crippen LogP contribution in [0, 0.1) is 17.7 Å². The van der Waals surface area contributed by atoms with E-state index >= 15 is 0 Å². The van der Waals surface area contributed by atoms with Gasteiger partial charge in [0.15, 0.2) is 0 Å². The maximum atomic E-state index is 13.1. The summed E-state index contributed by atoms with van der Waals surface area (Å²) in [4.78, 5) is 26.2. The van der Waals surface area contributed by atoms with Crippen molar-refractivity contribution in [2.75, 3.05) is 20.1 Å². The normalized spacial score (nSPS) is 16.2. The number of aliphatic carboxylic acids is 1. The van der Waals surface area contributed by atoms with Gasteiger partial charge in [0.2, 0.25) is 0 Å². The van der Waals surface area contributed by atoms with Gasteiger partial charge in [0.05, 0.1) is 5.92 Å². The van der Waals surface area contributed by atoms with E-state index in [2.05, 4.69) is 0 Å². The summed E-state index contributed by atoms with van der Waals surface area (Å²) in [6.45, 7) is 2.90. The zero-order chi connectivity index (χ0) is 15.6. The lowest BCUT2D eigenvalue weighted by Crippen LogP contribution is -2.56. The summed E-state index contributed by atoms with van der Waals surface area (Å²) >= 11 is 0. The zero-order valence-electron chi connectivity index (χ0n) is 12.1. The molecular formula is C15H19FN2O3. The average molecular weight is 294 g/mol. The monoisotopic (exact) mass is 294 g/mol. The average Bonchev–Trinajstić information content (AvgIpc) is 2.36. The van der Waals surface area contributed by atoms with E-state index in [1.54, 1.807) is 31.0 Å². The van der Waals surface area contributed by atoms with Crippen LogP contribution in [0.1, 0.15) is 12.5 Å². The van der Waals surface area contributed by atoms with E-state index in [1.807, 2.05) is 0 Å². The molecule has 1 heterocycles.